The molecule has 1 amide bonds. The van der Waals surface area contributed by atoms with E-state index in [0.29, 0.717) is 24.2 Å². The summed E-state index contributed by atoms with van der Waals surface area (Å²) in [7, 11) is 2.05. The van der Waals surface area contributed by atoms with Crippen molar-refractivity contribution in [2.45, 2.75) is 6.04 Å². The molecule has 0 aliphatic carbocycles. The van der Waals surface area contributed by atoms with Gasteiger partial charge in [0, 0.05) is 41.4 Å². The molecule has 0 fully saturated rings. The normalized spacial score (nSPS) is 15.7. The lowest BCUT2D eigenvalue weighted by molar-refractivity contribution is 0.0951. The number of likely N-dealkylation sites (N-methyl/N-ethyl adjacent to an activating group) is 1. The van der Waals surface area contributed by atoms with Gasteiger partial charge in [0.15, 0.2) is 0 Å². The van der Waals surface area contributed by atoms with Crippen molar-refractivity contribution in [1.29, 1.82) is 5.26 Å². The zero-order valence-electron chi connectivity index (χ0n) is 16.0. The molecule has 0 spiro atoms. The summed E-state index contributed by atoms with van der Waals surface area (Å²) in [6.45, 7) is 1.06. The lowest BCUT2D eigenvalue weighted by atomic mass is 10.0. The van der Waals surface area contributed by atoms with Crippen LogP contribution in [0.25, 0.3) is 0 Å². The standard InChI is InChI=1S/C23H20N4OS/c1-27-19(14-26-23(28)17-8-6-16(12-24)7-9-17)13-25-22(18-10-11-29-15-18)20-4-2-3-5-21(20)27/h2-11,15,19H,13-14H2,1H3,(H,26,28). The molecule has 144 valence electrons. The molecule has 29 heavy (non-hydrogen) atoms. The van der Waals surface area contributed by atoms with Crippen molar-refractivity contribution in [2.75, 3.05) is 25.0 Å². The van der Waals surface area contributed by atoms with E-state index in [4.69, 9.17) is 10.3 Å². The predicted octanol–water partition coefficient (Wildman–Crippen LogP) is 3.71. The van der Waals surface area contributed by atoms with E-state index in [1.807, 2.05) is 19.2 Å². The highest BCUT2D eigenvalue weighted by Crippen LogP contribution is 2.28. The molecule has 2 heterocycles. The van der Waals surface area contributed by atoms with Gasteiger partial charge in [0.2, 0.25) is 0 Å². The number of carbonyl (C=O) groups is 1. The monoisotopic (exact) mass is 400 g/mol. The van der Waals surface area contributed by atoms with Gasteiger partial charge in [0.1, 0.15) is 0 Å². The van der Waals surface area contributed by atoms with E-state index >= 15 is 0 Å². The first kappa shape index (κ1) is 18.9. The quantitative estimate of drug-likeness (QED) is 0.726. The highest BCUT2D eigenvalue weighted by atomic mass is 32.1. The highest BCUT2D eigenvalue weighted by molar-refractivity contribution is 7.08. The summed E-state index contributed by atoms with van der Waals surface area (Å²) in [5.74, 6) is -0.151. The predicted molar refractivity (Wildman–Crippen MR) is 117 cm³/mol. The lowest BCUT2D eigenvalue weighted by Gasteiger charge is -2.28. The maximum atomic E-state index is 12.5. The van der Waals surface area contributed by atoms with Crippen molar-refractivity contribution in [2.24, 2.45) is 4.99 Å². The Morgan fingerprint density at radius 2 is 2.03 bits per heavy atom. The molecule has 1 atom stereocenters. The van der Waals surface area contributed by atoms with Gasteiger partial charge in [-0.3, -0.25) is 9.79 Å². The Kier molecular flexibility index (Phi) is 5.41. The Hall–Kier alpha value is -3.43. The molecular weight excluding hydrogens is 380 g/mol. The van der Waals surface area contributed by atoms with Crippen molar-refractivity contribution in [1.82, 2.24) is 5.32 Å². The number of thiophene rings is 1. The summed E-state index contributed by atoms with van der Waals surface area (Å²) < 4.78 is 0. The van der Waals surface area contributed by atoms with E-state index in [9.17, 15) is 4.79 Å². The van der Waals surface area contributed by atoms with Crippen molar-refractivity contribution < 1.29 is 4.79 Å². The number of fused-ring (bicyclic) bond motifs is 1. The Bertz CT molecular complexity index is 1080. The van der Waals surface area contributed by atoms with Crippen LogP contribution in [0.2, 0.25) is 0 Å². The summed E-state index contributed by atoms with van der Waals surface area (Å²) in [5, 5.41) is 16.1. The highest BCUT2D eigenvalue weighted by Gasteiger charge is 2.24. The van der Waals surface area contributed by atoms with Crippen LogP contribution in [-0.4, -0.2) is 37.8 Å². The molecule has 1 aromatic heterocycles. The Morgan fingerprint density at radius 3 is 2.76 bits per heavy atom. The van der Waals surface area contributed by atoms with E-state index in [1.165, 1.54) is 0 Å². The second-order valence-electron chi connectivity index (χ2n) is 6.88. The summed E-state index contributed by atoms with van der Waals surface area (Å²) in [6.07, 6.45) is 0. The van der Waals surface area contributed by atoms with E-state index in [2.05, 4.69) is 45.2 Å². The third-order valence-electron chi connectivity index (χ3n) is 5.12. The lowest BCUT2D eigenvalue weighted by Crippen LogP contribution is -2.43. The molecule has 1 N–H and O–H groups in total. The average molecular weight is 401 g/mol. The number of rotatable bonds is 4. The SMILES string of the molecule is CN1c2ccccc2C(c2ccsc2)=NCC1CNC(=O)c1ccc(C#N)cc1. The maximum Gasteiger partial charge on any atom is 0.251 e. The minimum atomic E-state index is -0.151. The minimum absolute atomic E-state index is 0.0367. The second kappa shape index (κ2) is 8.29. The van der Waals surface area contributed by atoms with Gasteiger partial charge in [-0.25, -0.2) is 0 Å². The third-order valence-corrected chi connectivity index (χ3v) is 5.80. The number of benzodiazepines with no additional fused rings is 1. The van der Waals surface area contributed by atoms with Gasteiger partial charge in [0.25, 0.3) is 5.91 Å². The zero-order chi connectivity index (χ0) is 20.2. The number of nitrogens with zero attached hydrogens (tertiary/aromatic N) is 3. The smallest absolute Gasteiger partial charge is 0.251 e. The molecule has 0 radical (unpaired) electrons. The molecule has 5 nitrogen and oxygen atoms in total. The van der Waals surface area contributed by atoms with Crippen molar-refractivity contribution >= 4 is 28.6 Å². The molecule has 1 aliphatic rings. The Morgan fingerprint density at radius 1 is 1.24 bits per heavy atom. The summed E-state index contributed by atoms with van der Waals surface area (Å²) in [5.41, 5.74) is 5.41. The summed E-state index contributed by atoms with van der Waals surface area (Å²) >= 11 is 1.66. The fourth-order valence-electron chi connectivity index (χ4n) is 3.44. The van der Waals surface area contributed by atoms with Crippen LogP contribution in [-0.2, 0) is 0 Å². The second-order valence-corrected chi connectivity index (χ2v) is 7.66. The number of amides is 1. The van der Waals surface area contributed by atoms with Crippen molar-refractivity contribution in [3.8, 4) is 6.07 Å². The number of nitriles is 1. The number of para-hydroxylation sites is 1. The first-order chi connectivity index (χ1) is 14.2. The molecule has 4 rings (SSSR count). The largest absolute Gasteiger partial charge is 0.367 e. The molecule has 0 saturated heterocycles. The van der Waals surface area contributed by atoms with Gasteiger partial charge in [-0.2, -0.15) is 16.6 Å². The van der Waals surface area contributed by atoms with Gasteiger partial charge in [-0.1, -0.05) is 18.2 Å². The van der Waals surface area contributed by atoms with E-state index in [-0.39, 0.29) is 11.9 Å². The zero-order valence-corrected chi connectivity index (χ0v) is 16.8. The molecule has 0 bridgehead atoms. The Labute approximate surface area is 173 Å². The summed E-state index contributed by atoms with van der Waals surface area (Å²) in [6, 6.07) is 19.1. The van der Waals surface area contributed by atoms with Gasteiger partial charge < -0.3 is 10.2 Å². The number of benzene rings is 2. The molecular formula is C23H20N4OS. The number of aliphatic imine (C=N–C) groups is 1. The summed E-state index contributed by atoms with van der Waals surface area (Å²) in [4.78, 5) is 19.6. The number of hydrogen-bond acceptors (Lipinski definition) is 5. The van der Waals surface area contributed by atoms with Crippen molar-refractivity contribution in [3.05, 3.63) is 87.6 Å². The topological polar surface area (TPSA) is 68.5 Å². The van der Waals surface area contributed by atoms with Gasteiger partial charge in [-0.15, -0.1) is 0 Å². The van der Waals surface area contributed by atoms with Crippen LogP contribution in [0, 0.1) is 11.3 Å². The maximum absolute atomic E-state index is 12.5. The molecule has 1 aliphatic heterocycles. The first-order valence-electron chi connectivity index (χ1n) is 9.35. The molecule has 2 aromatic carbocycles. The van der Waals surface area contributed by atoms with Crippen LogP contribution in [0.15, 0.2) is 70.3 Å². The van der Waals surface area contributed by atoms with Crippen LogP contribution in [0.4, 0.5) is 5.69 Å². The van der Waals surface area contributed by atoms with Gasteiger partial charge in [0.05, 0.1) is 29.9 Å². The fourth-order valence-corrected chi connectivity index (χ4v) is 4.08. The fraction of sp³-hybridized carbons (Fsp3) is 0.174. The molecule has 0 saturated carbocycles. The third kappa shape index (κ3) is 3.91. The van der Waals surface area contributed by atoms with Crippen LogP contribution in [0.1, 0.15) is 27.0 Å². The van der Waals surface area contributed by atoms with E-state index < -0.39 is 0 Å². The molecule has 3 aromatic rings. The van der Waals surface area contributed by atoms with E-state index in [0.717, 1.165) is 22.5 Å². The van der Waals surface area contributed by atoms with Crippen LogP contribution < -0.4 is 10.2 Å². The Balaban J connectivity index is 1.54. The number of anilines is 1. The average Bonchev–Trinajstić information content (AvgIpc) is 3.26. The van der Waals surface area contributed by atoms with Gasteiger partial charge in [-0.05, 0) is 41.8 Å². The minimum Gasteiger partial charge on any atom is -0.367 e. The number of carbonyl (C=O) groups excluding carboxylic acids is 1. The number of nitrogens with one attached hydrogen (secondary N) is 1. The molecule has 1 unspecified atom stereocenters. The molecule has 6 heteroatoms. The van der Waals surface area contributed by atoms with E-state index in [1.54, 1.807) is 35.6 Å². The van der Waals surface area contributed by atoms with Crippen LogP contribution in [0.5, 0.6) is 0 Å². The van der Waals surface area contributed by atoms with Crippen LogP contribution >= 0.6 is 11.3 Å². The van der Waals surface area contributed by atoms with Gasteiger partial charge >= 0.3 is 0 Å². The van der Waals surface area contributed by atoms with Crippen molar-refractivity contribution in [3.63, 3.8) is 0 Å². The first-order valence-corrected chi connectivity index (χ1v) is 10.3. The van der Waals surface area contributed by atoms with Crippen LogP contribution in [0.3, 0.4) is 0 Å². The number of hydrogen-bond donors (Lipinski definition) is 1.